The van der Waals surface area contributed by atoms with Crippen LogP contribution in [0, 0.1) is 5.92 Å². The van der Waals surface area contributed by atoms with Crippen molar-refractivity contribution in [3.8, 4) is 0 Å². The van der Waals surface area contributed by atoms with Gasteiger partial charge in [-0.15, -0.1) is 0 Å². The summed E-state index contributed by atoms with van der Waals surface area (Å²) in [6, 6.07) is 0. The number of rotatable bonds is 9. The fourth-order valence-electron chi connectivity index (χ4n) is 2.55. The summed E-state index contributed by atoms with van der Waals surface area (Å²) in [5.74, 6) is 0.870. The highest BCUT2D eigenvalue weighted by atomic mass is 16.5. The van der Waals surface area contributed by atoms with E-state index in [2.05, 4.69) is 5.32 Å². The van der Waals surface area contributed by atoms with Crippen LogP contribution in [0.15, 0.2) is 0 Å². The number of amides is 1. The molecule has 0 aromatic carbocycles. The Morgan fingerprint density at radius 1 is 1.35 bits per heavy atom. The Bertz CT molecular complexity index is 266. The highest BCUT2D eigenvalue weighted by Crippen LogP contribution is 2.20. The highest BCUT2D eigenvalue weighted by Gasteiger charge is 2.26. The first kappa shape index (κ1) is 17.4. The Morgan fingerprint density at radius 2 is 2.05 bits per heavy atom. The molecule has 0 saturated carbocycles. The number of hydrogen-bond donors (Lipinski definition) is 1. The van der Waals surface area contributed by atoms with E-state index in [0.29, 0.717) is 19.8 Å². The summed E-state index contributed by atoms with van der Waals surface area (Å²) in [6.07, 6.45) is 3.07. The summed E-state index contributed by atoms with van der Waals surface area (Å²) in [5.41, 5.74) is 0. The van der Waals surface area contributed by atoms with Crippen LogP contribution in [0.1, 0.15) is 33.1 Å². The fraction of sp³-hybridized carbons (Fsp3) is 0.933. The highest BCUT2D eigenvalue weighted by molar-refractivity contribution is 5.80. The molecule has 1 fully saturated rings. The van der Waals surface area contributed by atoms with Crippen LogP contribution >= 0.6 is 0 Å². The summed E-state index contributed by atoms with van der Waals surface area (Å²) in [4.78, 5) is 14.2. The zero-order valence-electron chi connectivity index (χ0n) is 13.2. The molecule has 1 aliphatic rings. The molecule has 0 spiro atoms. The first-order valence-electron chi connectivity index (χ1n) is 7.81. The van der Waals surface area contributed by atoms with Crippen LogP contribution in [0.4, 0.5) is 0 Å². The molecule has 1 unspecified atom stereocenters. The molecule has 118 valence electrons. The van der Waals surface area contributed by atoms with Crippen molar-refractivity contribution in [1.82, 2.24) is 10.2 Å². The molecule has 1 N–H and O–H groups in total. The van der Waals surface area contributed by atoms with E-state index in [0.717, 1.165) is 38.4 Å². The van der Waals surface area contributed by atoms with E-state index >= 15 is 0 Å². The van der Waals surface area contributed by atoms with Gasteiger partial charge in [-0.1, -0.05) is 0 Å². The molecule has 5 heteroatoms. The minimum absolute atomic E-state index is 0.119. The molecule has 1 heterocycles. The van der Waals surface area contributed by atoms with Gasteiger partial charge in [0.25, 0.3) is 5.91 Å². The standard InChI is InChI=1S/C15H30N2O3/c1-4-19-11-12-20-13(2)15(18)17-9-6-14(7-10-17)5-8-16-3/h13-14,16H,4-12H2,1-3H3. The van der Waals surface area contributed by atoms with Gasteiger partial charge in [0, 0.05) is 19.7 Å². The van der Waals surface area contributed by atoms with E-state index in [1.165, 1.54) is 6.42 Å². The van der Waals surface area contributed by atoms with Crippen molar-refractivity contribution in [3.05, 3.63) is 0 Å². The van der Waals surface area contributed by atoms with Gasteiger partial charge < -0.3 is 19.7 Å². The fourth-order valence-corrected chi connectivity index (χ4v) is 2.55. The monoisotopic (exact) mass is 286 g/mol. The van der Waals surface area contributed by atoms with Gasteiger partial charge in [0.1, 0.15) is 6.10 Å². The zero-order valence-corrected chi connectivity index (χ0v) is 13.2. The van der Waals surface area contributed by atoms with Gasteiger partial charge in [-0.3, -0.25) is 4.79 Å². The van der Waals surface area contributed by atoms with E-state index in [1.807, 2.05) is 25.8 Å². The van der Waals surface area contributed by atoms with Crippen LogP contribution in [0.5, 0.6) is 0 Å². The molecular weight excluding hydrogens is 256 g/mol. The molecule has 0 bridgehead atoms. The van der Waals surface area contributed by atoms with Gasteiger partial charge in [0.2, 0.25) is 0 Å². The Hall–Kier alpha value is -0.650. The van der Waals surface area contributed by atoms with Crippen molar-refractivity contribution < 1.29 is 14.3 Å². The maximum Gasteiger partial charge on any atom is 0.251 e. The van der Waals surface area contributed by atoms with Crippen molar-refractivity contribution >= 4 is 5.91 Å². The Labute approximate surface area is 123 Å². The van der Waals surface area contributed by atoms with Gasteiger partial charge in [0.05, 0.1) is 13.2 Å². The average molecular weight is 286 g/mol. The SMILES string of the molecule is CCOCCOC(C)C(=O)N1CCC(CCNC)CC1. The number of piperidine rings is 1. The van der Waals surface area contributed by atoms with Gasteiger partial charge in [0.15, 0.2) is 0 Å². The van der Waals surface area contributed by atoms with E-state index in [4.69, 9.17) is 9.47 Å². The smallest absolute Gasteiger partial charge is 0.251 e. The topological polar surface area (TPSA) is 50.8 Å². The second kappa shape index (κ2) is 10.1. The maximum absolute atomic E-state index is 12.2. The van der Waals surface area contributed by atoms with Crippen molar-refractivity contribution in [2.45, 2.75) is 39.2 Å². The minimum atomic E-state index is -0.357. The number of carbonyl (C=O) groups excluding carboxylic acids is 1. The van der Waals surface area contributed by atoms with Crippen LogP contribution in [0.3, 0.4) is 0 Å². The van der Waals surface area contributed by atoms with Crippen molar-refractivity contribution in [2.24, 2.45) is 5.92 Å². The largest absolute Gasteiger partial charge is 0.379 e. The molecule has 0 aromatic rings. The lowest BCUT2D eigenvalue weighted by Crippen LogP contribution is -2.44. The predicted molar refractivity (Wildman–Crippen MR) is 79.8 cm³/mol. The Morgan fingerprint density at radius 3 is 2.65 bits per heavy atom. The summed E-state index contributed by atoms with van der Waals surface area (Å²) < 4.78 is 10.7. The quantitative estimate of drug-likeness (QED) is 0.649. The number of nitrogens with one attached hydrogen (secondary N) is 1. The summed E-state index contributed by atoms with van der Waals surface area (Å²) in [7, 11) is 1.99. The third-order valence-electron chi connectivity index (χ3n) is 3.88. The molecule has 0 aliphatic carbocycles. The molecular formula is C15H30N2O3. The first-order chi connectivity index (χ1) is 9.69. The van der Waals surface area contributed by atoms with E-state index in [9.17, 15) is 4.79 Å². The molecule has 0 aromatic heterocycles. The minimum Gasteiger partial charge on any atom is -0.379 e. The molecule has 5 nitrogen and oxygen atoms in total. The summed E-state index contributed by atoms with van der Waals surface area (Å²) >= 11 is 0. The van der Waals surface area contributed by atoms with Crippen LogP contribution in [0.25, 0.3) is 0 Å². The van der Waals surface area contributed by atoms with Crippen LogP contribution in [-0.4, -0.2) is 63.4 Å². The second-order valence-electron chi connectivity index (χ2n) is 5.37. The zero-order chi connectivity index (χ0) is 14.8. The number of ether oxygens (including phenoxy) is 2. The normalized spacial score (nSPS) is 18.2. The van der Waals surface area contributed by atoms with Gasteiger partial charge in [-0.05, 0) is 52.6 Å². The predicted octanol–water partition coefficient (Wildman–Crippen LogP) is 1.28. The van der Waals surface area contributed by atoms with Gasteiger partial charge >= 0.3 is 0 Å². The number of nitrogens with zero attached hydrogens (tertiary/aromatic N) is 1. The molecule has 1 saturated heterocycles. The van der Waals surface area contributed by atoms with E-state index in [-0.39, 0.29) is 12.0 Å². The van der Waals surface area contributed by atoms with Crippen LogP contribution in [0.2, 0.25) is 0 Å². The lowest BCUT2D eigenvalue weighted by Gasteiger charge is -2.33. The number of carbonyl (C=O) groups is 1. The summed E-state index contributed by atoms with van der Waals surface area (Å²) in [6.45, 7) is 8.31. The molecule has 1 aliphatic heterocycles. The molecule has 1 rings (SSSR count). The number of hydrogen-bond acceptors (Lipinski definition) is 4. The first-order valence-corrected chi connectivity index (χ1v) is 7.81. The van der Waals surface area contributed by atoms with Crippen molar-refractivity contribution in [2.75, 3.05) is 46.5 Å². The third-order valence-corrected chi connectivity index (χ3v) is 3.88. The van der Waals surface area contributed by atoms with Crippen molar-refractivity contribution in [3.63, 3.8) is 0 Å². The lowest BCUT2D eigenvalue weighted by molar-refractivity contribution is -0.144. The lowest BCUT2D eigenvalue weighted by atomic mass is 9.93. The number of likely N-dealkylation sites (tertiary alicyclic amines) is 1. The average Bonchev–Trinajstić information content (AvgIpc) is 2.49. The third kappa shape index (κ3) is 6.20. The summed E-state index contributed by atoms with van der Waals surface area (Å²) in [5, 5.41) is 3.19. The van der Waals surface area contributed by atoms with Gasteiger partial charge in [-0.2, -0.15) is 0 Å². The molecule has 1 atom stereocenters. The Kier molecular flexibility index (Phi) is 8.82. The van der Waals surface area contributed by atoms with E-state index < -0.39 is 0 Å². The van der Waals surface area contributed by atoms with Crippen LogP contribution < -0.4 is 5.32 Å². The molecule has 20 heavy (non-hydrogen) atoms. The van der Waals surface area contributed by atoms with Gasteiger partial charge in [-0.25, -0.2) is 0 Å². The maximum atomic E-state index is 12.2. The van der Waals surface area contributed by atoms with E-state index in [1.54, 1.807) is 0 Å². The molecule has 1 amide bonds. The Balaban J connectivity index is 2.20. The van der Waals surface area contributed by atoms with Crippen LogP contribution in [-0.2, 0) is 14.3 Å². The van der Waals surface area contributed by atoms with Crippen molar-refractivity contribution in [1.29, 1.82) is 0 Å². The molecule has 0 radical (unpaired) electrons. The second-order valence-corrected chi connectivity index (χ2v) is 5.37.